The van der Waals surface area contributed by atoms with Gasteiger partial charge in [-0.05, 0) is 56.0 Å². The van der Waals surface area contributed by atoms with Crippen molar-refractivity contribution in [1.29, 1.82) is 0 Å². The summed E-state index contributed by atoms with van der Waals surface area (Å²) in [5.74, 6) is 1.53. The molecule has 0 aromatic heterocycles. The van der Waals surface area contributed by atoms with Crippen molar-refractivity contribution in [2.45, 2.75) is 32.3 Å². The molecule has 27 heavy (non-hydrogen) atoms. The second-order valence-corrected chi connectivity index (χ2v) is 7.32. The zero-order chi connectivity index (χ0) is 18.6. The van der Waals surface area contributed by atoms with Crippen LogP contribution in [0, 0.1) is 5.82 Å². The molecule has 2 aliphatic heterocycles. The number of piperidine rings is 1. The molecule has 3 nitrogen and oxygen atoms in total. The molecule has 4 rings (SSSR count). The van der Waals surface area contributed by atoms with E-state index in [9.17, 15) is 4.39 Å². The molecule has 2 aromatic carbocycles. The molecule has 1 fully saturated rings. The average Bonchev–Trinajstić information content (AvgIpc) is 2.71. The van der Waals surface area contributed by atoms with Gasteiger partial charge in [-0.1, -0.05) is 24.3 Å². The van der Waals surface area contributed by atoms with Gasteiger partial charge in [-0.2, -0.15) is 0 Å². The summed E-state index contributed by atoms with van der Waals surface area (Å²) in [7, 11) is 0. The first-order chi connectivity index (χ1) is 13.3. The monoisotopic (exact) mass is 368 g/mol. The van der Waals surface area contributed by atoms with E-state index in [0.29, 0.717) is 6.61 Å². The van der Waals surface area contributed by atoms with Gasteiger partial charge in [-0.3, -0.25) is 0 Å². The standard InChI is InChI=1S/C23H26FNO2/c1-2-26-23-19-8-4-5-9-21(19)27-22(17-10-12-18(24)13-11-17)20(23)16-25-14-6-3-7-15-25/h4-5,8-13,22H,2-3,6-7,14-16H2,1H3/p+1. The molecule has 0 spiro atoms. The Kier molecular flexibility index (Phi) is 5.44. The van der Waals surface area contributed by atoms with Crippen LogP contribution in [0.5, 0.6) is 5.75 Å². The van der Waals surface area contributed by atoms with E-state index in [1.165, 1.54) is 50.1 Å². The fourth-order valence-electron chi connectivity index (χ4n) is 4.14. The van der Waals surface area contributed by atoms with Crippen molar-refractivity contribution in [3.05, 3.63) is 71.0 Å². The number of likely N-dealkylation sites (tertiary alicyclic amines) is 1. The Morgan fingerprint density at radius 2 is 1.78 bits per heavy atom. The van der Waals surface area contributed by atoms with Crippen LogP contribution in [0.4, 0.5) is 4.39 Å². The van der Waals surface area contributed by atoms with Crippen LogP contribution in [-0.2, 0) is 4.74 Å². The molecule has 0 amide bonds. The van der Waals surface area contributed by atoms with Crippen LogP contribution in [0.25, 0.3) is 5.76 Å². The molecule has 1 saturated heterocycles. The fourth-order valence-corrected chi connectivity index (χ4v) is 4.14. The van der Waals surface area contributed by atoms with Gasteiger partial charge in [0.05, 0.1) is 30.8 Å². The van der Waals surface area contributed by atoms with Crippen LogP contribution < -0.4 is 9.64 Å². The Morgan fingerprint density at radius 3 is 2.52 bits per heavy atom. The topological polar surface area (TPSA) is 22.9 Å². The summed E-state index contributed by atoms with van der Waals surface area (Å²) in [6, 6.07) is 14.7. The highest BCUT2D eigenvalue weighted by molar-refractivity contribution is 5.72. The van der Waals surface area contributed by atoms with E-state index in [4.69, 9.17) is 9.47 Å². The maximum Gasteiger partial charge on any atom is 0.154 e. The maximum atomic E-state index is 13.5. The van der Waals surface area contributed by atoms with Crippen LogP contribution in [0.1, 0.15) is 43.4 Å². The first kappa shape index (κ1) is 18.1. The summed E-state index contributed by atoms with van der Waals surface area (Å²) < 4.78 is 26.0. The molecule has 0 aliphatic carbocycles. The third-order valence-corrected chi connectivity index (χ3v) is 5.45. The third-order valence-electron chi connectivity index (χ3n) is 5.45. The minimum absolute atomic E-state index is 0.229. The third kappa shape index (κ3) is 3.86. The van der Waals surface area contributed by atoms with Gasteiger partial charge in [-0.15, -0.1) is 0 Å². The Bertz CT molecular complexity index is 809. The summed E-state index contributed by atoms with van der Waals surface area (Å²) in [6.45, 7) is 5.88. The minimum atomic E-state index is -0.239. The molecule has 0 bridgehead atoms. The summed E-state index contributed by atoms with van der Waals surface area (Å²) >= 11 is 0. The lowest BCUT2D eigenvalue weighted by molar-refractivity contribution is -0.900. The number of nitrogens with one attached hydrogen (secondary N) is 1. The van der Waals surface area contributed by atoms with Crippen LogP contribution in [0.15, 0.2) is 54.1 Å². The molecule has 0 radical (unpaired) electrons. The maximum absolute atomic E-state index is 13.5. The Labute approximate surface area is 160 Å². The van der Waals surface area contributed by atoms with E-state index >= 15 is 0 Å². The smallest absolute Gasteiger partial charge is 0.154 e. The molecule has 2 aliphatic rings. The zero-order valence-electron chi connectivity index (χ0n) is 15.8. The van der Waals surface area contributed by atoms with E-state index in [-0.39, 0.29) is 11.9 Å². The first-order valence-electron chi connectivity index (χ1n) is 9.97. The van der Waals surface area contributed by atoms with Gasteiger partial charge >= 0.3 is 0 Å². The first-order valence-corrected chi connectivity index (χ1v) is 9.97. The second-order valence-electron chi connectivity index (χ2n) is 7.32. The quantitative estimate of drug-likeness (QED) is 0.868. The normalized spacial score (nSPS) is 20.1. The van der Waals surface area contributed by atoms with Gasteiger partial charge in [-0.25, -0.2) is 4.39 Å². The summed E-state index contributed by atoms with van der Waals surface area (Å²) in [4.78, 5) is 1.57. The van der Waals surface area contributed by atoms with Crippen molar-refractivity contribution in [2.75, 3.05) is 26.2 Å². The highest BCUT2D eigenvalue weighted by Gasteiger charge is 2.34. The highest BCUT2D eigenvalue weighted by Crippen LogP contribution is 2.42. The lowest BCUT2D eigenvalue weighted by Gasteiger charge is -2.33. The Balaban J connectivity index is 1.78. The molecule has 2 heterocycles. The van der Waals surface area contributed by atoms with Crippen LogP contribution >= 0.6 is 0 Å². The number of rotatable bonds is 5. The van der Waals surface area contributed by atoms with Crippen molar-refractivity contribution in [2.24, 2.45) is 0 Å². The van der Waals surface area contributed by atoms with Gasteiger partial charge in [0.1, 0.15) is 23.9 Å². The second kappa shape index (κ2) is 8.13. The van der Waals surface area contributed by atoms with E-state index < -0.39 is 0 Å². The molecule has 1 unspecified atom stereocenters. The van der Waals surface area contributed by atoms with E-state index in [1.54, 1.807) is 4.90 Å². The van der Waals surface area contributed by atoms with Gasteiger partial charge in [0.25, 0.3) is 0 Å². The molecule has 2 aromatic rings. The van der Waals surface area contributed by atoms with E-state index in [2.05, 4.69) is 6.07 Å². The minimum Gasteiger partial charge on any atom is -0.493 e. The van der Waals surface area contributed by atoms with Gasteiger partial charge in [0.15, 0.2) is 6.10 Å². The molecule has 1 atom stereocenters. The molecule has 1 N–H and O–H groups in total. The summed E-state index contributed by atoms with van der Waals surface area (Å²) in [5.41, 5.74) is 3.15. The molecule has 0 saturated carbocycles. The number of benzene rings is 2. The van der Waals surface area contributed by atoms with E-state index in [1.807, 2.05) is 37.3 Å². The van der Waals surface area contributed by atoms with Crippen molar-refractivity contribution in [1.82, 2.24) is 0 Å². The number of para-hydroxylation sites is 1. The number of ether oxygens (including phenoxy) is 2. The number of halogens is 1. The Hall–Kier alpha value is -2.33. The van der Waals surface area contributed by atoms with Crippen molar-refractivity contribution in [3.63, 3.8) is 0 Å². The van der Waals surface area contributed by atoms with Gasteiger partial charge in [0, 0.05) is 0 Å². The molecule has 142 valence electrons. The number of hydrogen-bond donors (Lipinski definition) is 1. The lowest BCUT2D eigenvalue weighted by atomic mass is 9.93. The largest absolute Gasteiger partial charge is 0.493 e. The molecule has 4 heteroatoms. The molecular weight excluding hydrogens is 341 g/mol. The SMILES string of the molecule is CCOC1=C(C[NH+]2CCCCC2)C(c2ccc(F)cc2)Oc2ccccc21. The number of fused-ring (bicyclic) bond motifs is 1. The van der Waals surface area contributed by atoms with Crippen LogP contribution in [-0.4, -0.2) is 26.2 Å². The van der Waals surface area contributed by atoms with Crippen LogP contribution in [0.3, 0.4) is 0 Å². The number of quaternary nitrogens is 1. The lowest BCUT2D eigenvalue weighted by Crippen LogP contribution is -3.13. The van der Waals surface area contributed by atoms with Crippen LogP contribution in [0.2, 0.25) is 0 Å². The summed E-state index contributed by atoms with van der Waals surface area (Å²) in [6.07, 6.45) is 3.62. The van der Waals surface area contributed by atoms with Gasteiger partial charge in [0.2, 0.25) is 0 Å². The zero-order valence-corrected chi connectivity index (χ0v) is 15.8. The average molecular weight is 368 g/mol. The highest BCUT2D eigenvalue weighted by atomic mass is 19.1. The number of hydrogen-bond acceptors (Lipinski definition) is 2. The summed E-state index contributed by atoms with van der Waals surface area (Å²) in [5, 5.41) is 0. The predicted octanol–water partition coefficient (Wildman–Crippen LogP) is 3.78. The molecular formula is C23H27FNO2+. The Morgan fingerprint density at radius 1 is 1.04 bits per heavy atom. The van der Waals surface area contributed by atoms with E-state index in [0.717, 1.165) is 29.2 Å². The fraction of sp³-hybridized carbons (Fsp3) is 0.391. The van der Waals surface area contributed by atoms with Crippen molar-refractivity contribution < 1.29 is 18.8 Å². The van der Waals surface area contributed by atoms with Gasteiger partial charge < -0.3 is 14.4 Å². The van der Waals surface area contributed by atoms with Crippen molar-refractivity contribution in [3.8, 4) is 5.75 Å². The predicted molar refractivity (Wildman–Crippen MR) is 104 cm³/mol. The van der Waals surface area contributed by atoms with Crippen molar-refractivity contribution >= 4 is 5.76 Å².